The van der Waals surface area contributed by atoms with E-state index in [1.807, 2.05) is 48.5 Å². The minimum absolute atomic E-state index is 0.0960. The quantitative estimate of drug-likeness (QED) is 0.459. The highest BCUT2D eigenvalue weighted by Gasteiger charge is 2.51. The third-order valence-electron chi connectivity index (χ3n) is 7.71. The fourth-order valence-corrected chi connectivity index (χ4v) is 4.55. The molecule has 3 aromatic carbocycles. The summed E-state index contributed by atoms with van der Waals surface area (Å²) in [6, 6.07) is 30.3. The van der Waals surface area contributed by atoms with Crippen LogP contribution in [0.5, 0.6) is 0 Å². The second kappa shape index (κ2) is 9.58. The summed E-state index contributed by atoms with van der Waals surface area (Å²) >= 11 is 0. The molecule has 0 unspecified atom stereocenters. The Morgan fingerprint density at radius 3 is 1.24 bits per heavy atom. The van der Waals surface area contributed by atoms with Crippen LogP contribution < -0.4 is 0 Å². The van der Waals surface area contributed by atoms with Crippen molar-refractivity contribution in [2.24, 2.45) is 0 Å². The van der Waals surface area contributed by atoms with Crippen LogP contribution in [0.1, 0.15) is 69.1 Å². The van der Waals surface area contributed by atoms with Gasteiger partial charge >= 0.3 is 5.97 Å². The standard InChI is InChI=1S/C11H12O.C10H10O2.C10H12/c1-9(12)11(7-8-11)10-5-3-2-4-6-10;11-9(12)10(6-7-10)8-4-2-1-3-5-8;1-10(7-8-10)9-5-3-2-4-6-9/h2-6H,7-8H2,1H3;1-5H,6-7H2,(H,11,12);2-6H,7-8H2,1H3. The molecule has 0 bridgehead atoms. The van der Waals surface area contributed by atoms with Gasteiger partial charge in [-0.1, -0.05) is 97.9 Å². The minimum atomic E-state index is -0.686. The van der Waals surface area contributed by atoms with Crippen LogP contribution in [-0.4, -0.2) is 16.9 Å². The van der Waals surface area contributed by atoms with Crippen LogP contribution in [0.25, 0.3) is 0 Å². The van der Waals surface area contributed by atoms with E-state index in [4.69, 9.17) is 5.11 Å². The monoisotopic (exact) mass is 454 g/mol. The third-order valence-corrected chi connectivity index (χ3v) is 7.71. The largest absolute Gasteiger partial charge is 0.481 e. The van der Waals surface area contributed by atoms with Crippen molar-refractivity contribution in [2.75, 3.05) is 0 Å². The molecule has 0 heterocycles. The molecule has 3 aliphatic carbocycles. The zero-order valence-corrected chi connectivity index (χ0v) is 20.2. The number of rotatable bonds is 5. The van der Waals surface area contributed by atoms with Crippen molar-refractivity contribution >= 4 is 11.8 Å². The molecule has 176 valence electrons. The summed E-state index contributed by atoms with van der Waals surface area (Å²) in [5.41, 5.74) is 3.55. The van der Waals surface area contributed by atoms with Gasteiger partial charge in [0, 0.05) is 0 Å². The molecule has 3 fully saturated rings. The Balaban J connectivity index is 0.000000121. The van der Waals surface area contributed by atoms with Gasteiger partial charge in [0.1, 0.15) is 5.78 Å². The first-order chi connectivity index (χ1) is 16.3. The van der Waals surface area contributed by atoms with Crippen LogP contribution in [-0.2, 0) is 25.8 Å². The van der Waals surface area contributed by atoms with E-state index in [0.29, 0.717) is 11.2 Å². The van der Waals surface area contributed by atoms with Gasteiger partial charge in [-0.15, -0.1) is 0 Å². The molecule has 3 nitrogen and oxygen atoms in total. The maximum Gasteiger partial charge on any atom is 0.314 e. The predicted octanol–water partition coefficient (Wildman–Crippen LogP) is 6.85. The molecule has 0 radical (unpaired) electrons. The average molecular weight is 455 g/mol. The Labute approximate surface area is 202 Å². The van der Waals surface area contributed by atoms with Gasteiger partial charge < -0.3 is 5.11 Å². The van der Waals surface area contributed by atoms with Gasteiger partial charge in [0.15, 0.2) is 0 Å². The highest BCUT2D eigenvalue weighted by Crippen LogP contribution is 2.49. The predicted molar refractivity (Wildman–Crippen MR) is 136 cm³/mol. The molecular formula is C31H34O3. The SMILES string of the molecule is CC(=O)C1(c2ccccc2)CC1.CC1(c2ccccc2)CC1.O=C(O)C1(c2ccccc2)CC1. The summed E-state index contributed by atoms with van der Waals surface area (Å²) in [5.74, 6) is -0.373. The normalized spacial score (nSPS) is 19.2. The first kappa shape index (κ1) is 23.9. The number of hydrogen-bond donors (Lipinski definition) is 1. The van der Waals surface area contributed by atoms with Crippen molar-refractivity contribution in [3.05, 3.63) is 108 Å². The Hall–Kier alpha value is -3.20. The number of carboxylic acid groups (broad SMARTS) is 1. The Morgan fingerprint density at radius 2 is 0.941 bits per heavy atom. The lowest BCUT2D eigenvalue weighted by molar-refractivity contribution is -0.140. The van der Waals surface area contributed by atoms with Crippen LogP contribution in [0.4, 0.5) is 0 Å². The number of ketones is 1. The van der Waals surface area contributed by atoms with Gasteiger partial charge in [0.2, 0.25) is 0 Å². The third kappa shape index (κ3) is 5.14. The Bertz CT molecular complexity index is 1040. The second-order valence-corrected chi connectivity index (χ2v) is 10.2. The van der Waals surface area contributed by atoms with Gasteiger partial charge in [-0.05, 0) is 67.6 Å². The summed E-state index contributed by atoms with van der Waals surface area (Å²) in [5, 5.41) is 8.96. The van der Waals surface area contributed by atoms with E-state index in [1.165, 1.54) is 24.0 Å². The molecule has 0 atom stereocenters. The Kier molecular flexibility index (Phi) is 6.74. The maximum absolute atomic E-state index is 11.3. The van der Waals surface area contributed by atoms with E-state index >= 15 is 0 Å². The van der Waals surface area contributed by atoms with Gasteiger partial charge in [-0.3, -0.25) is 9.59 Å². The second-order valence-electron chi connectivity index (χ2n) is 10.2. The first-order valence-electron chi connectivity index (χ1n) is 12.2. The van der Waals surface area contributed by atoms with Gasteiger partial charge in [0.25, 0.3) is 0 Å². The molecule has 0 aromatic heterocycles. The topological polar surface area (TPSA) is 54.4 Å². The van der Waals surface area contributed by atoms with Crippen molar-refractivity contribution in [1.82, 2.24) is 0 Å². The van der Waals surface area contributed by atoms with E-state index in [1.54, 1.807) is 6.92 Å². The summed E-state index contributed by atoms with van der Waals surface area (Å²) in [6.45, 7) is 4.03. The fraction of sp³-hybridized carbons (Fsp3) is 0.355. The molecule has 0 spiro atoms. The highest BCUT2D eigenvalue weighted by atomic mass is 16.4. The summed E-state index contributed by atoms with van der Waals surface area (Å²) in [4.78, 5) is 22.2. The van der Waals surface area contributed by atoms with Gasteiger partial charge in [-0.2, -0.15) is 0 Å². The van der Waals surface area contributed by atoms with E-state index < -0.39 is 11.4 Å². The lowest BCUT2D eigenvalue weighted by Gasteiger charge is -2.10. The number of benzene rings is 3. The molecule has 3 aliphatic rings. The average Bonchev–Trinajstić information content (AvgIpc) is 3.75. The molecule has 6 rings (SSSR count). The maximum atomic E-state index is 11.3. The number of aliphatic carboxylic acids is 1. The van der Waals surface area contributed by atoms with E-state index in [-0.39, 0.29) is 5.41 Å². The Morgan fingerprint density at radius 1 is 0.588 bits per heavy atom. The first-order valence-corrected chi connectivity index (χ1v) is 12.2. The minimum Gasteiger partial charge on any atom is -0.481 e. The van der Waals surface area contributed by atoms with E-state index in [9.17, 15) is 9.59 Å². The van der Waals surface area contributed by atoms with E-state index in [0.717, 1.165) is 31.2 Å². The van der Waals surface area contributed by atoms with Gasteiger partial charge in [0.05, 0.1) is 10.8 Å². The van der Waals surface area contributed by atoms with Crippen molar-refractivity contribution in [3.8, 4) is 0 Å². The number of Topliss-reactive ketones (excluding diaryl/α,β-unsaturated/α-hetero) is 1. The molecule has 0 saturated heterocycles. The highest BCUT2D eigenvalue weighted by molar-refractivity contribution is 5.91. The molecule has 34 heavy (non-hydrogen) atoms. The lowest BCUT2D eigenvalue weighted by atomic mass is 9.92. The van der Waals surface area contributed by atoms with Crippen molar-refractivity contribution in [2.45, 2.75) is 68.6 Å². The lowest BCUT2D eigenvalue weighted by Crippen LogP contribution is -2.19. The van der Waals surface area contributed by atoms with Gasteiger partial charge in [-0.25, -0.2) is 0 Å². The molecule has 3 aromatic rings. The zero-order chi connectivity index (χ0) is 24.2. The van der Waals surface area contributed by atoms with Crippen LogP contribution in [0, 0.1) is 0 Å². The molecule has 1 N–H and O–H groups in total. The molecule has 0 aliphatic heterocycles. The van der Waals surface area contributed by atoms with Crippen LogP contribution in [0.2, 0.25) is 0 Å². The number of carbonyl (C=O) groups is 2. The summed E-state index contributed by atoms with van der Waals surface area (Å²) in [6.07, 6.45) is 6.38. The number of carbonyl (C=O) groups excluding carboxylic acids is 1. The van der Waals surface area contributed by atoms with Crippen LogP contribution in [0.15, 0.2) is 91.0 Å². The smallest absolute Gasteiger partial charge is 0.314 e. The summed E-state index contributed by atoms with van der Waals surface area (Å²) < 4.78 is 0. The van der Waals surface area contributed by atoms with E-state index in [2.05, 4.69) is 49.4 Å². The van der Waals surface area contributed by atoms with Crippen molar-refractivity contribution in [1.29, 1.82) is 0 Å². The van der Waals surface area contributed by atoms with Crippen LogP contribution >= 0.6 is 0 Å². The molecular weight excluding hydrogens is 420 g/mol. The fourth-order valence-electron chi connectivity index (χ4n) is 4.55. The van der Waals surface area contributed by atoms with Crippen LogP contribution in [0.3, 0.4) is 0 Å². The number of carboxylic acids is 1. The van der Waals surface area contributed by atoms with Crippen molar-refractivity contribution in [3.63, 3.8) is 0 Å². The molecule has 0 amide bonds. The van der Waals surface area contributed by atoms with Crippen molar-refractivity contribution < 1.29 is 14.7 Å². The molecule has 3 heteroatoms. The zero-order valence-electron chi connectivity index (χ0n) is 20.2. The number of hydrogen-bond acceptors (Lipinski definition) is 2. The summed E-state index contributed by atoms with van der Waals surface area (Å²) in [7, 11) is 0. The molecule has 3 saturated carbocycles.